The lowest BCUT2D eigenvalue weighted by molar-refractivity contribution is -0.138. The summed E-state index contributed by atoms with van der Waals surface area (Å²) in [5.41, 5.74) is 1.51. The van der Waals surface area contributed by atoms with E-state index in [4.69, 9.17) is 16.7 Å². The van der Waals surface area contributed by atoms with E-state index in [-0.39, 0.29) is 0 Å². The van der Waals surface area contributed by atoms with Crippen molar-refractivity contribution >= 4 is 28.5 Å². The van der Waals surface area contributed by atoms with Crippen LogP contribution in [0.1, 0.15) is 18.4 Å². The van der Waals surface area contributed by atoms with Crippen LogP contribution >= 0.6 is 11.6 Å². The average Bonchev–Trinajstić information content (AvgIpc) is 2.59. The van der Waals surface area contributed by atoms with E-state index in [2.05, 4.69) is 5.10 Å². The van der Waals surface area contributed by atoms with Gasteiger partial charge in [-0.2, -0.15) is 5.10 Å². The minimum absolute atomic E-state index is 0.528. The van der Waals surface area contributed by atoms with Crippen LogP contribution in [0.5, 0.6) is 0 Å². The molecule has 1 aromatic heterocycles. The van der Waals surface area contributed by atoms with Gasteiger partial charge in [-0.3, -0.25) is 9.48 Å². The first kappa shape index (κ1) is 11.0. The Balaban J connectivity index is 2.63. The fraction of sp³-hybridized carbons (Fsp3) is 0.273. The third-order valence-corrected chi connectivity index (χ3v) is 2.97. The summed E-state index contributed by atoms with van der Waals surface area (Å²) in [7, 11) is 1.80. The van der Waals surface area contributed by atoms with E-state index >= 15 is 0 Å². The van der Waals surface area contributed by atoms with Gasteiger partial charge in [0.2, 0.25) is 0 Å². The van der Waals surface area contributed by atoms with Gasteiger partial charge in [-0.05, 0) is 24.6 Å². The van der Waals surface area contributed by atoms with Gasteiger partial charge in [0.1, 0.15) is 0 Å². The van der Waals surface area contributed by atoms with Crippen LogP contribution in [0.4, 0.5) is 0 Å². The maximum atomic E-state index is 10.9. The number of aromatic nitrogens is 2. The van der Waals surface area contributed by atoms with Gasteiger partial charge in [0, 0.05) is 12.4 Å². The number of carboxylic acids is 1. The quantitative estimate of drug-likeness (QED) is 0.874. The van der Waals surface area contributed by atoms with E-state index in [0.29, 0.717) is 10.6 Å². The first-order chi connectivity index (χ1) is 7.50. The summed E-state index contributed by atoms with van der Waals surface area (Å²) in [5.74, 6) is -1.43. The van der Waals surface area contributed by atoms with Crippen molar-refractivity contribution in [2.75, 3.05) is 0 Å². The minimum Gasteiger partial charge on any atom is -0.481 e. The molecule has 0 saturated heterocycles. The van der Waals surface area contributed by atoms with Crippen molar-refractivity contribution in [2.45, 2.75) is 12.8 Å². The van der Waals surface area contributed by atoms with Gasteiger partial charge in [0.25, 0.3) is 0 Å². The Hall–Kier alpha value is -1.55. The van der Waals surface area contributed by atoms with Crippen molar-refractivity contribution in [1.29, 1.82) is 0 Å². The van der Waals surface area contributed by atoms with Crippen LogP contribution in [0.25, 0.3) is 10.9 Å². The number of fused-ring (bicyclic) bond motifs is 1. The third kappa shape index (κ3) is 1.65. The average molecular weight is 239 g/mol. The molecule has 0 saturated carbocycles. The zero-order chi connectivity index (χ0) is 11.9. The van der Waals surface area contributed by atoms with E-state index in [0.717, 1.165) is 10.9 Å². The summed E-state index contributed by atoms with van der Waals surface area (Å²) in [6.45, 7) is 1.64. The number of carbonyl (C=O) groups is 1. The van der Waals surface area contributed by atoms with E-state index in [1.165, 1.54) is 0 Å². The van der Waals surface area contributed by atoms with E-state index in [9.17, 15) is 4.79 Å². The number of aryl methyl sites for hydroxylation is 1. The number of hydrogen-bond donors (Lipinski definition) is 1. The first-order valence-corrected chi connectivity index (χ1v) is 5.22. The van der Waals surface area contributed by atoms with Crippen LogP contribution in [0.3, 0.4) is 0 Å². The van der Waals surface area contributed by atoms with Crippen molar-refractivity contribution in [3.05, 3.63) is 28.9 Å². The van der Waals surface area contributed by atoms with E-state index in [1.807, 2.05) is 6.07 Å². The smallest absolute Gasteiger partial charge is 0.310 e. The molecule has 1 unspecified atom stereocenters. The number of carboxylic acid groups (broad SMARTS) is 1. The van der Waals surface area contributed by atoms with E-state index in [1.54, 1.807) is 30.9 Å². The number of hydrogen-bond acceptors (Lipinski definition) is 2. The monoisotopic (exact) mass is 238 g/mol. The predicted octanol–water partition coefficient (Wildman–Crippen LogP) is 2.41. The van der Waals surface area contributed by atoms with Crippen LogP contribution in [-0.4, -0.2) is 20.9 Å². The molecule has 0 bridgehead atoms. The summed E-state index contributed by atoms with van der Waals surface area (Å²) in [6.07, 6.45) is 1.68. The van der Waals surface area contributed by atoms with Crippen LogP contribution < -0.4 is 0 Å². The number of benzene rings is 1. The second-order valence-corrected chi connectivity index (χ2v) is 4.18. The zero-order valence-corrected chi connectivity index (χ0v) is 9.69. The summed E-state index contributed by atoms with van der Waals surface area (Å²) in [4.78, 5) is 10.9. The Morgan fingerprint density at radius 2 is 2.25 bits per heavy atom. The molecule has 84 valence electrons. The molecule has 0 fully saturated rings. The number of aliphatic carboxylic acids is 1. The predicted molar refractivity (Wildman–Crippen MR) is 61.8 cm³/mol. The molecule has 2 aromatic rings. The molecule has 1 N–H and O–H groups in total. The van der Waals surface area contributed by atoms with Gasteiger partial charge in [-0.15, -0.1) is 0 Å². The van der Waals surface area contributed by atoms with Crippen LogP contribution in [0.2, 0.25) is 5.02 Å². The molecular formula is C11H11ClN2O2. The van der Waals surface area contributed by atoms with Gasteiger partial charge < -0.3 is 5.11 Å². The van der Waals surface area contributed by atoms with Crippen molar-refractivity contribution in [3.63, 3.8) is 0 Å². The van der Waals surface area contributed by atoms with E-state index < -0.39 is 11.9 Å². The maximum Gasteiger partial charge on any atom is 0.310 e. The van der Waals surface area contributed by atoms with Crippen molar-refractivity contribution < 1.29 is 9.90 Å². The highest BCUT2D eigenvalue weighted by atomic mass is 35.5. The molecule has 0 aliphatic rings. The molecule has 0 amide bonds. The lowest BCUT2D eigenvalue weighted by Gasteiger charge is -2.08. The van der Waals surface area contributed by atoms with Crippen LogP contribution in [-0.2, 0) is 11.8 Å². The van der Waals surface area contributed by atoms with Gasteiger partial charge in [-0.1, -0.05) is 11.6 Å². The highest BCUT2D eigenvalue weighted by molar-refractivity contribution is 6.35. The second-order valence-electron chi connectivity index (χ2n) is 3.77. The molecule has 0 spiro atoms. The molecule has 16 heavy (non-hydrogen) atoms. The molecule has 0 aliphatic carbocycles. The Labute approximate surface area is 97.4 Å². The summed E-state index contributed by atoms with van der Waals surface area (Å²) in [5, 5.41) is 14.4. The normalized spacial score (nSPS) is 12.9. The molecule has 2 rings (SSSR count). The lowest BCUT2D eigenvalue weighted by Crippen LogP contribution is -2.07. The minimum atomic E-state index is -0.862. The van der Waals surface area contributed by atoms with Gasteiger partial charge in [0.15, 0.2) is 0 Å². The van der Waals surface area contributed by atoms with Gasteiger partial charge in [-0.25, -0.2) is 0 Å². The molecule has 1 aromatic carbocycles. The van der Waals surface area contributed by atoms with Gasteiger partial charge in [0.05, 0.1) is 22.7 Å². The Morgan fingerprint density at radius 1 is 1.56 bits per heavy atom. The van der Waals surface area contributed by atoms with Crippen molar-refractivity contribution in [3.8, 4) is 0 Å². The molecule has 0 radical (unpaired) electrons. The number of nitrogens with zero attached hydrogens (tertiary/aromatic N) is 2. The largest absolute Gasteiger partial charge is 0.481 e. The van der Waals surface area contributed by atoms with Crippen molar-refractivity contribution in [2.24, 2.45) is 7.05 Å². The summed E-state index contributed by atoms with van der Waals surface area (Å²) in [6, 6.07) is 3.50. The highest BCUT2D eigenvalue weighted by Crippen LogP contribution is 2.28. The summed E-state index contributed by atoms with van der Waals surface area (Å²) < 4.78 is 1.67. The maximum absolute atomic E-state index is 10.9. The van der Waals surface area contributed by atoms with Gasteiger partial charge >= 0.3 is 5.97 Å². The SMILES string of the molecule is CC(C(=O)O)c1cc(Cl)c2c(cnn2C)c1. The Kier molecular flexibility index (Phi) is 2.59. The fourth-order valence-corrected chi connectivity index (χ4v) is 2.04. The molecule has 0 aliphatic heterocycles. The molecular weight excluding hydrogens is 228 g/mol. The molecule has 1 atom stereocenters. The first-order valence-electron chi connectivity index (χ1n) is 4.84. The number of rotatable bonds is 2. The Bertz CT molecular complexity index is 562. The zero-order valence-electron chi connectivity index (χ0n) is 8.94. The van der Waals surface area contributed by atoms with Crippen LogP contribution in [0.15, 0.2) is 18.3 Å². The molecule has 5 heteroatoms. The standard InChI is InChI=1S/C11H11ClN2O2/c1-6(11(15)16)7-3-8-5-13-14(2)10(8)9(12)4-7/h3-6H,1-2H3,(H,15,16). The highest BCUT2D eigenvalue weighted by Gasteiger charge is 2.16. The third-order valence-electron chi connectivity index (χ3n) is 2.68. The Morgan fingerprint density at radius 3 is 2.88 bits per heavy atom. The summed E-state index contributed by atoms with van der Waals surface area (Å²) >= 11 is 6.10. The van der Waals surface area contributed by atoms with Crippen molar-refractivity contribution in [1.82, 2.24) is 9.78 Å². The van der Waals surface area contributed by atoms with Crippen LogP contribution in [0, 0.1) is 0 Å². The topological polar surface area (TPSA) is 55.1 Å². The molecule has 1 heterocycles. The second kappa shape index (κ2) is 3.79. The molecule has 4 nitrogen and oxygen atoms in total. The lowest BCUT2D eigenvalue weighted by atomic mass is 10.00. The fourth-order valence-electron chi connectivity index (χ4n) is 1.68. The number of halogens is 1.